The Morgan fingerprint density at radius 1 is 1.37 bits per heavy atom. The zero-order valence-corrected chi connectivity index (χ0v) is 13.4. The van der Waals surface area contributed by atoms with Crippen molar-refractivity contribution >= 4 is 27.6 Å². The molecule has 3 nitrogen and oxygen atoms in total. The number of benzene rings is 1. The van der Waals surface area contributed by atoms with Gasteiger partial charge in [0.05, 0.1) is 6.61 Å². The van der Waals surface area contributed by atoms with Gasteiger partial charge in [-0.1, -0.05) is 42.3 Å². The lowest BCUT2D eigenvalue weighted by Gasteiger charge is -2.32. The van der Waals surface area contributed by atoms with E-state index in [0.717, 1.165) is 23.0 Å². The third-order valence-electron chi connectivity index (χ3n) is 3.15. The van der Waals surface area contributed by atoms with E-state index in [1.165, 1.54) is 0 Å². The Morgan fingerprint density at radius 3 is 2.63 bits per heavy atom. The maximum Gasteiger partial charge on any atom is 0.331 e. The van der Waals surface area contributed by atoms with Crippen molar-refractivity contribution in [2.24, 2.45) is 0 Å². The van der Waals surface area contributed by atoms with Gasteiger partial charge in [0.25, 0.3) is 0 Å². The number of hydrogen-bond acceptors (Lipinski definition) is 3. The molecule has 0 bridgehead atoms. The number of halogens is 1. The molecule has 19 heavy (non-hydrogen) atoms. The highest BCUT2D eigenvalue weighted by Gasteiger charge is 2.37. The molecule has 0 saturated heterocycles. The van der Waals surface area contributed by atoms with Crippen LogP contribution in [0.15, 0.2) is 28.7 Å². The Hall–Kier alpha value is -1.03. The minimum atomic E-state index is -0.633. The SMILES string of the molecule is CCCC(CC)(Nc1cccc(Br)c1)C(=O)OCC. The van der Waals surface area contributed by atoms with Gasteiger partial charge in [-0.25, -0.2) is 4.79 Å². The standard InChI is InChI=1S/C15H22BrNO2/c1-4-10-15(5-2,14(18)19-6-3)17-13-9-7-8-12(16)11-13/h7-9,11,17H,4-6,10H2,1-3H3. The van der Waals surface area contributed by atoms with Gasteiger partial charge in [0, 0.05) is 10.2 Å². The van der Waals surface area contributed by atoms with E-state index in [2.05, 4.69) is 28.2 Å². The minimum Gasteiger partial charge on any atom is -0.464 e. The van der Waals surface area contributed by atoms with E-state index in [4.69, 9.17) is 4.74 Å². The van der Waals surface area contributed by atoms with E-state index in [-0.39, 0.29) is 5.97 Å². The number of ether oxygens (including phenoxy) is 1. The lowest BCUT2D eigenvalue weighted by Crippen LogP contribution is -2.47. The van der Waals surface area contributed by atoms with Crippen LogP contribution < -0.4 is 5.32 Å². The number of nitrogens with one attached hydrogen (secondary N) is 1. The van der Waals surface area contributed by atoms with Gasteiger partial charge < -0.3 is 10.1 Å². The van der Waals surface area contributed by atoms with Gasteiger partial charge in [0.1, 0.15) is 5.54 Å². The van der Waals surface area contributed by atoms with Crippen molar-refractivity contribution in [3.05, 3.63) is 28.7 Å². The third-order valence-corrected chi connectivity index (χ3v) is 3.65. The molecule has 0 aliphatic carbocycles. The predicted molar refractivity (Wildman–Crippen MR) is 82.3 cm³/mol. The van der Waals surface area contributed by atoms with Gasteiger partial charge >= 0.3 is 5.97 Å². The zero-order valence-electron chi connectivity index (χ0n) is 11.8. The molecular weight excluding hydrogens is 306 g/mol. The first-order valence-corrected chi connectivity index (χ1v) is 7.58. The Bertz CT molecular complexity index is 422. The largest absolute Gasteiger partial charge is 0.464 e. The highest BCUT2D eigenvalue weighted by Crippen LogP contribution is 2.27. The first-order chi connectivity index (χ1) is 9.07. The summed E-state index contributed by atoms with van der Waals surface area (Å²) in [6.07, 6.45) is 2.38. The average Bonchev–Trinajstić information content (AvgIpc) is 2.38. The molecule has 0 heterocycles. The van der Waals surface area contributed by atoms with Crippen molar-refractivity contribution in [3.63, 3.8) is 0 Å². The molecule has 0 aliphatic heterocycles. The lowest BCUT2D eigenvalue weighted by atomic mass is 9.90. The van der Waals surface area contributed by atoms with E-state index in [9.17, 15) is 4.79 Å². The number of carbonyl (C=O) groups is 1. The Labute approximate surface area is 123 Å². The van der Waals surface area contributed by atoms with Crippen molar-refractivity contribution in [2.75, 3.05) is 11.9 Å². The summed E-state index contributed by atoms with van der Waals surface area (Å²) in [6, 6.07) is 7.84. The van der Waals surface area contributed by atoms with E-state index in [1.54, 1.807) is 0 Å². The summed E-state index contributed by atoms with van der Waals surface area (Å²) in [5, 5.41) is 3.36. The molecule has 0 aliphatic rings. The fourth-order valence-electron chi connectivity index (χ4n) is 2.16. The Kier molecular flexibility index (Phi) is 6.35. The zero-order chi connectivity index (χ0) is 14.3. The highest BCUT2D eigenvalue weighted by atomic mass is 79.9. The van der Waals surface area contributed by atoms with Crippen LogP contribution in [0.1, 0.15) is 40.0 Å². The quantitative estimate of drug-likeness (QED) is 0.755. The first-order valence-electron chi connectivity index (χ1n) is 6.79. The molecule has 1 unspecified atom stereocenters. The van der Waals surface area contributed by atoms with Crippen LogP contribution in [-0.2, 0) is 9.53 Å². The van der Waals surface area contributed by atoms with Crippen LogP contribution in [0, 0.1) is 0 Å². The molecule has 0 radical (unpaired) electrons. The van der Waals surface area contributed by atoms with Crippen molar-refractivity contribution in [1.82, 2.24) is 0 Å². The highest BCUT2D eigenvalue weighted by molar-refractivity contribution is 9.10. The number of hydrogen-bond donors (Lipinski definition) is 1. The molecule has 0 saturated carbocycles. The van der Waals surface area contributed by atoms with Crippen molar-refractivity contribution in [1.29, 1.82) is 0 Å². The summed E-state index contributed by atoms with van der Waals surface area (Å²) in [7, 11) is 0. The smallest absolute Gasteiger partial charge is 0.331 e. The van der Waals surface area contributed by atoms with Gasteiger partial charge in [-0.15, -0.1) is 0 Å². The van der Waals surface area contributed by atoms with Gasteiger partial charge in [-0.05, 0) is 38.0 Å². The second-order valence-electron chi connectivity index (χ2n) is 4.54. The van der Waals surface area contributed by atoms with Gasteiger partial charge in [-0.3, -0.25) is 0 Å². The molecule has 1 aromatic carbocycles. The van der Waals surface area contributed by atoms with E-state index in [1.807, 2.05) is 38.1 Å². The summed E-state index contributed by atoms with van der Waals surface area (Å²) >= 11 is 3.44. The maximum atomic E-state index is 12.3. The summed E-state index contributed by atoms with van der Waals surface area (Å²) in [5.74, 6) is -0.167. The molecule has 1 aromatic rings. The molecule has 0 fully saturated rings. The van der Waals surface area contributed by atoms with Crippen LogP contribution >= 0.6 is 15.9 Å². The van der Waals surface area contributed by atoms with Crippen molar-refractivity contribution in [2.45, 2.75) is 45.6 Å². The average molecular weight is 328 g/mol. The molecule has 0 amide bonds. The van der Waals surface area contributed by atoms with Gasteiger partial charge in [0.15, 0.2) is 0 Å². The van der Waals surface area contributed by atoms with E-state index in [0.29, 0.717) is 13.0 Å². The molecule has 106 valence electrons. The van der Waals surface area contributed by atoms with E-state index >= 15 is 0 Å². The van der Waals surface area contributed by atoms with Crippen LogP contribution in [0.2, 0.25) is 0 Å². The second-order valence-corrected chi connectivity index (χ2v) is 5.46. The fourth-order valence-corrected chi connectivity index (χ4v) is 2.56. The molecule has 0 spiro atoms. The molecule has 1 N–H and O–H groups in total. The van der Waals surface area contributed by atoms with Gasteiger partial charge in [0.2, 0.25) is 0 Å². The number of carbonyl (C=O) groups excluding carboxylic acids is 1. The van der Waals surface area contributed by atoms with Gasteiger partial charge in [-0.2, -0.15) is 0 Å². The summed E-state index contributed by atoms with van der Waals surface area (Å²) in [4.78, 5) is 12.3. The minimum absolute atomic E-state index is 0.167. The van der Waals surface area contributed by atoms with Crippen molar-refractivity contribution < 1.29 is 9.53 Å². The van der Waals surface area contributed by atoms with Crippen LogP contribution in [0.3, 0.4) is 0 Å². The number of anilines is 1. The first kappa shape index (κ1) is 16.0. The van der Waals surface area contributed by atoms with Crippen LogP contribution in [0.25, 0.3) is 0 Å². The monoisotopic (exact) mass is 327 g/mol. The molecular formula is C15H22BrNO2. The third kappa shape index (κ3) is 4.23. The Morgan fingerprint density at radius 2 is 2.11 bits per heavy atom. The normalized spacial score (nSPS) is 13.7. The molecule has 0 aromatic heterocycles. The molecule has 1 rings (SSSR count). The summed E-state index contributed by atoms with van der Waals surface area (Å²) < 4.78 is 6.23. The van der Waals surface area contributed by atoms with Crippen LogP contribution in [0.4, 0.5) is 5.69 Å². The summed E-state index contributed by atoms with van der Waals surface area (Å²) in [5.41, 5.74) is 0.295. The predicted octanol–water partition coefficient (Wildman–Crippen LogP) is 4.37. The maximum absolute atomic E-state index is 12.3. The molecule has 4 heteroatoms. The summed E-state index contributed by atoms with van der Waals surface area (Å²) in [6.45, 7) is 6.33. The molecule has 1 atom stereocenters. The lowest BCUT2D eigenvalue weighted by molar-refractivity contribution is -0.149. The van der Waals surface area contributed by atoms with Crippen LogP contribution in [0.5, 0.6) is 0 Å². The van der Waals surface area contributed by atoms with Crippen LogP contribution in [-0.4, -0.2) is 18.1 Å². The van der Waals surface area contributed by atoms with E-state index < -0.39 is 5.54 Å². The number of rotatable bonds is 7. The second kappa shape index (κ2) is 7.53. The topological polar surface area (TPSA) is 38.3 Å². The Balaban J connectivity index is 2.99. The van der Waals surface area contributed by atoms with Crippen molar-refractivity contribution in [3.8, 4) is 0 Å². The number of esters is 1. The fraction of sp³-hybridized carbons (Fsp3) is 0.533.